The fraction of sp³-hybridized carbons (Fsp3) is 0.211. The Morgan fingerprint density at radius 2 is 2.08 bits per heavy atom. The fourth-order valence-electron chi connectivity index (χ4n) is 2.76. The Kier molecular flexibility index (Phi) is 5.29. The zero-order valence-corrected chi connectivity index (χ0v) is 15.9. The van der Waals surface area contributed by atoms with Crippen molar-refractivity contribution in [2.45, 2.75) is 19.9 Å². The Morgan fingerprint density at radius 1 is 1.35 bits per heavy atom. The number of benzene rings is 2. The molecule has 1 saturated heterocycles. The van der Waals surface area contributed by atoms with Gasteiger partial charge in [0.1, 0.15) is 16.1 Å². The number of amides is 1. The zero-order chi connectivity index (χ0) is 18.8. The van der Waals surface area contributed by atoms with Crippen LogP contribution in [-0.4, -0.2) is 38.9 Å². The van der Waals surface area contributed by atoms with Crippen LogP contribution in [0.15, 0.2) is 41.3 Å². The average molecular weight is 387 g/mol. The van der Waals surface area contributed by atoms with E-state index >= 15 is 0 Å². The highest BCUT2D eigenvalue weighted by molar-refractivity contribution is 8.26. The van der Waals surface area contributed by atoms with Crippen LogP contribution >= 0.6 is 24.0 Å². The van der Waals surface area contributed by atoms with E-state index in [2.05, 4.69) is 0 Å². The quantitative estimate of drug-likeness (QED) is 0.620. The van der Waals surface area contributed by atoms with Crippen LogP contribution in [0.1, 0.15) is 19.4 Å². The van der Waals surface area contributed by atoms with E-state index in [0.717, 1.165) is 33.0 Å². The molecule has 1 amide bonds. The predicted octanol–water partition coefficient (Wildman–Crippen LogP) is 3.91. The smallest absolute Gasteiger partial charge is 0.326 e. The number of ether oxygens (including phenoxy) is 1. The number of thiocarbonyl (C=S) groups is 1. The van der Waals surface area contributed by atoms with Crippen molar-refractivity contribution >= 4 is 57.0 Å². The van der Waals surface area contributed by atoms with Crippen LogP contribution < -0.4 is 4.74 Å². The Hall–Kier alpha value is -2.38. The summed E-state index contributed by atoms with van der Waals surface area (Å²) in [4.78, 5) is 25.5. The molecule has 1 aliphatic rings. The minimum atomic E-state index is -1.09. The molecule has 0 aromatic heterocycles. The predicted molar refractivity (Wildman–Crippen MR) is 107 cm³/mol. The van der Waals surface area contributed by atoms with E-state index in [9.17, 15) is 14.7 Å². The first-order valence-electron chi connectivity index (χ1n) is 8.08. The number of carboxylic acids is 1. The second-order valence-corrected chi connectivity index (χ2v) is 7.37. The third-order valence-corrected chi connectivity index (χ3v) is 5.40. The number of thioether (sulfide) groups is 1. The van der Waals surface area contributed by atoms with Gasteiger partial charge in [-0.3, -0.25) is 9.69 Å². The summed E-state index contributed by atoms with van der Waals surface area (Å²) in [7, 11) is 0. The number of carbonyl (C=O) groups is 2. The van der Waals surface area contributed by atoms with Gasteiger partial charge in [-0.1, -0.05) is 54.3 Å². The summed E-state index contributed by atoms with van der Waals surface area (Å²) in [6.07, 6.45) is 1.74. The molecule has 2 aromatic rings. The van der Waals surface area contributed by atoms with Gasteiger partial charge >= 0.3 is 5.97 Å². The molecule has 0 saturated carbocycles. The van der Waals surface area contributed by atoms with Crippen molar-refractivity contribution in [1.29, 1.82) is 0 Å². The highest BCUT2D eigenvalue weighted by atomic mass is 32.2. The van der Waals surface area contributed by atoms with Crippen LogP contribution in [0.2, 0.25) is 0 Å². The summed E-state index contributed by atoms with van der Waals surface area (Å²) < 4.78 is 5.97. The van der Waals surface area contributed by atoms with Crippen molar-refractivity contribution in [3.63, 3.8) is 0 Å². The van der Waals surface area contributed by atoms with Crippen LogP contribution in [0.5, 0.6) is 5.75 Å². The van der Waals surface area contributed by atoms with Gasteiger partial charge in [-0.15, -0.1) is 0 Å². The van der Waals surface area contributed by atoms with Crippen LogP contribution in [0, 0.1) is 0 Å². The van der Waals surface area contributed by atoms with Crippen molar-refractivity contribution < 1.29 is 19.4 Å². The number of rotatable bonds is 5. The third-order valence-electron chi connectivity index (χ3n) is 4.07. The van der Waals surface area contributed by atoms with Gasteiger partial charge in [0.15, 0.2) is 0 Å². The number of hydrogen-bond donors (Lipinski definition) is 1. The standard InChI is InChI=1S/C19H17NO4S2/c1-3-24-15-9-8-12-6-4-5-7-13(12)14(15)10-16-17(21)20(19(25)26-16)11(2)18(22)23/h4-11H,3H2,1-2H3,(H,22,23)/b16-10-/t11-/m1/s1. The van der Waals surface area contributed by atoms with Crippen LogP contribution in [-0.2, 0) is 9.59 Å². The molecular formula is C19H17NO4S2. The molecule has 1 fully saturated rings. The lowest BCUT2D eigenvalue weighted by atomic mass is 10.0. The van der Waals surface area contributed by atoms with Crippen molar-refractivity contribution in [3.8, 4) is 5.75 Å². The molecule has 0 unspecified atom stereocenters. The number of fused-ring (bicyclic) bond motifs is 1. The maximum absolute atomic E-state index is 12.7. The maximum atomic E-state index is 12.7. The van der Waals surface area contributed by atoms with Gasteiger partial charge < -0.3 is 9.84 Å². The largest absolute Gasteiger partial charge is 0.493 e. The number of nitrogens with zero attached hydrogens (tertiary/aromatic N) is 1. The molecule has 5 nitrogen and oxygen atoms in total. The summed E-state index contributed by atoms with van der Waals surface area (Å²) in [5.74, 6) is -0.823. The fourth-order valence-corrected chi connectivity index (χ4v) is 4.16. The molecule has 1 aliphatic heterocycles. The van der Waals surface area contributed by atoms with Crippen molar-refractivity contribution in [1.82, 2.24) is 4.90 Å². The molecule has 0 aliphatic carbocycles. The molecule has 1 atom stereocenters. The van der Waals surface area contributed by atoms with Gasteiger partial charge in [0.25, 0.3) is 5.91 Å². The molecule has 134 valence electrons. The molecule has 7 heteroatoms. The second kappa shape index (κ2) is 7.47. The number of aliphatic carboxylic acids is 1. The summed E-state index contributed by atoms with van der Waals surface area (Å²) in [6.45, 7) is 3.84. The molecular weight excluding hydrogens is 370 g/mol. The summed E-state index contributed by atoms with van der Waals surface area (Å²) in [5.41, 5.74) is 0.786. The highest BCUT2D eigenvalue weighted by Gasteiger charge is 2.38. The average Bonchev–Trinajstić information content (AvgIpc) is 2.90. The SMILES string of the molecule is CCOc1ccc2ccccc2c1/C=C1\SC(=S)N([C@H](C)C(=O)O)C1=O. The molecule has 1 N–H and O–H groups in total. The molecule has 1 heterocycles. The maximum Gasteiger partial charge on any atom is 0.326 e. The van der Waals surface area contributed by atoms with Crippen LogP contribution in [0.3, 0.4) is 0 Å². The number of hydrogen-bond acceptors (Lipinski definition) is 5. The lowest BCUT2D eigenvalue weighted by Crippen LogP contribution is -2.41. The number of carbonyl (C=O) groups excluding carboxylic acids is 1. The van der Waals surface area contributed by atoms with E-state index in [1.165, 1.54) is 6.92 Å². The minimum Gasteiger partial charge on any atom is -0.493 e. The number of carboxylic acid groups (broad SMARTS) is 1. The zero-order valence-electron chi connectivity index (χ0n) is 14.3. The lowest BCUT2D eigenvalue weighted by molar-refractivity contribution is -0.144. The minimum absolute atomic E-state index is 0.245. The van der Waals surface area contributed by atoms with Crippen LogP contribution in [0.25, 0.3) is 16.8 Å². The van der Waals surface area contributed by atoms with Crippen molar-refractivity contribution in [3.05, 3.63) is 46.9 Å². The van der Waals surface area contributed by atoms with E-state index in [0.29, 0.717) is 17.3 Å². The molecule has 0 radical (unpaired) electrons. The van der Waals surface area contributed by atoms with Gasteiger partial charge in [-0.05, 0) is 36.8 Å². The first-order chi connectivity index (χ1) is 12.4. The van der Waals surface area contributed by atoms with Crippen LogP contribution in [0.4, 0.5) is 0 Å². The van der Waals surface area contributed by atoms with Gasteiger partial charge in [-0.2, -0.15) is 0 Å². The summed E-state index contributed by atoms with van der Waals surface area (Å²) in [5, 5.41) is 11.2. The molecule has 2 aromatic carbocycles. The molecule has 3 rings (SSSR count). The highest BCUT2D eigenvalue weighted by Crippen LogP contribution is 2.37. The first kappa shape index (κ1) is 18.4. The lowest BCUT2D eigenvalue weighted by Gasteiger charge is -2.18. The van der Waals surface area contributed by atoms with E-state index in [1.54, 1.807) is 6.08 Å². The van der Waals surface area contributed by atoms with E-state index in [1.807, 2.05) is 43.3 Å². The van der Waals surface area contributed by atoms with Gasteiger partial charge in [-0.25, -0.2) is 4.79 Å². The van der Waals surface area contributed by atoms with E-state index < -0.39 is 17.9 Å². The summed E-state index contributed by atoms with van der Waals surface area (Å²) >= 11 is 6.33. The summed E-state index contributed by atoms with van der Waals surface area (Å²) in [6, 6.07) is 10.7. The Balaban J connectivity index is 2.10. The van der Waals surface area contributed by atoms with Gasteiger partial charge in [0.05, 0.1) is 11.5 Å². The topological polar surface area (TPSA) is 66.8 Å². The van der Waals surface area contributed by atoms with E-state index in [-0.39, 0.29) is 4.32 Å². The molecule has 26 heavy (non-hydrogen) atoms. The molecule has 0 spiro atoms. The van der Waals surface area contributed by atoms with E-state index in [4.69, 9.17) is 17.0 Å². The Morgan fingerprint density at radius 3 is 2.77 bits per heavy atom. The van der Waals surface area contributed by atoms with Gasteiger partial charge in [0.2, 0.25) is 0 Å². The third kappa shape index (κ3) is 3.32. The van der Waals surface area contributed by atoms with Crippen molar-refractivity contribution in [2.24, 2.45) is 0 Å². The monoisotopic (exact) mass is 387 g/mol. The Labute approximate surface area is 160 Å². The first-order valence-corrected chi connectivity index (χ1v) is 9.31. The van der Waals surface area contributed by atoms with Crippen molar-refractivity contribution in [2.75, 3.05) is 6.61 Å². The van der Waals surface area contributed by atoms with Gasteiger partial charge in [0, 0.05) is 5.56 Å². The normalized spacial score (nSPS) is 17.2. The Bertz CT molecular complexity index is 938. The molecule has 0 bridgehead atoms. The second-order valence-electron chi connectivity index (χ2n) is 5.70.